The van der Waals surface area contributed by atoms with Gasteiger partial charge in [-0.15, -0.1) is 0 Å². The first kappa shape index (κ1) is 14.9. The number of nitrogens with zero attached hydrogens (tertiary/aromatic N) is 1. The van der Waals surface area contributed by atoms with E-state index < -0.39 is 0 Å². The largest absolute Gasteiger partial charge is 0.383 e. The van der Waals surface area contributed by atoms with Gasteiger partial charge in [0.1, 0.15) is 5.82 Å². The first-order chi connectivity index (χ1) is 8.77. The molecule has 18 heavy (non-hydrogen) atoms. The topological polar surface area (TPSA) is 69.4 Å². The molecule has 0 saturated carbocycles. The summed E-state index contributed by atoms with van der Waals surface area (Å²) in [5, 5.41) is 3.27. The molecule has 0 bridgehead atoms. The predicted molar refractivity (Wildman–Crippen MR) is 72.5 cm³/mol. The Kier molecular flexibility index (Phi) is 7.32. The molecule has 0 radical (unpaired) electrons. The number of pyridine rings is 1. The van der Waals surface area contributed by atoms with Crippen LogP contribution >= 0.6 is 0 Å². The van der Waals surface area contributed by atoms with E-state index in [-0.39, 0.29) is 0 Å². The first-order valence-electron chi connectivity index (χ1n) is 6.21. The number of likely N-dealkylation sites (N-methyl/N-ethyl adjacent to an activating group) is 1. The second kappa shape index (κ2) is 8.85. The lowest BCUT2D eigenvalue weighted by Crippen LogP contribution is -2.29. The standard InChI is InChI=1S/C13H23N3O2/c1-15-12(5-7-18-9-8-17-2)10-11-4-3-6-16-13(11)14/h3-4,6,12,15H,5,7-10H2,1-2H3,(H2,14,16). The fourth-order valence-electron chi connectivity index (χ4n) is 1.71. The van der Waals surface area contributed by atoms with Gasteiger partial charge in [-0.3, -0.25) is 0 Å². The van der Waals surface area contributed by atoms with E-state index >= 15 is 0 Å². The summed E-state index contributed by atoms with van der Waals surface area (Å²) in [4.78, 5) is 4.09. The van der Waals surface area contributed by atoms with Crippen molar-refractivity contribution in [3.05, 3.63) is 23.9 Å². The summed E-state index contributed by atoms with van der Waals surface area (Å²) in [6, 6.07) is 4.27. The van der Waals surface area contributed by atoms with Crippen LogP contribution in [0.3, 0.4) is 0 Å². The van der Waals surface area contributed by atoms with Gasteiger partial charge >= 0.3 is 0 Å². The van der Waals surface area contributed by atoms with Crippen LogP contribution in [0.15, 0.2) is 18.3 Å². The molecule has 0 aliphatic carbocycles. The third-order valence-corrected chi connectivity index (χ3v) is 2.84. The van der Waals surface area contributed by atoms with Crippen molar-refractivity contribution in [1.29, 1.82) is 0 Å². The van der Waals surface area contributed by atoms with Crippen LogP contribution in [-0.2, 0) is 15.9 Å². The molecule has 102 valence electrons. The maximum Gasteiger partial charge on any atom is 0.126 e. The van der Waals surface area contributed by atoms with E-state index in [0.29, 0.717) is 25.1 Å². The van der Waals surface area contributed by atoms with Crippen molar-refractivity contribution in [2.24, 2.45) is 0 Å². The maximum absolute atomic E-state index is 5.83. The summed E-state index contributed by atoms with van der Waals surface area (Å²) < 4.78 is 10.4. The number of aromatic nitrogens is 1. The number of ether oxygens (including phenoxy) is 2. The van der Waals surface area contributed by atoms with Crippen molar-refractivity contribution in [3.8, 4) is 0 Å². The summed E-state index contributed by atoms with van der Waals surface area (Å²) in [5.41, 5.74) is 6.91. The van der Waals surface area contributed by atoms with Gasteiger partial charge in [0.2, 0.25) is 0 Å². The van der Waals surface area contributed by atoms with Gasteiger partial charge in [0.25, 0.3) is 0 Å². The fourth-order valence-corrected chi connectivity index (χ4v) is 1.71. The number of hydrogen-bond acceptors (Lipinski definition) is 5. The highest BCUT2D eigenvalue weighted by molar-refractivity contribution is 5.38. The number of nitrogen functional groups attached to an aromatic ring is 1. The highest BCUT2D eigenvalue weighted by Crippen LogP contribution is 2.11. The highest BCUT2D eigenvalue weighted by Gasteiger charge is 2.09. The van der Waals surface area contributed by atoms with Gasteiger partial charge in [-0.2, -0.15) is 0 Å². The van der Waals surface area contributed by atoms with Crippen molar-refractivity contribution in [2.45, 2.75) is 18.9 Å². The summed E-state index contributed by atoms with van der Waals surface area (Å²) in [6.45, 7) is 2.00. The average molecular weight is 253 g/mol. The fraction of sp³-hybridized carbons (Fsp3) is 0.615. The molecule has 0 aromatic carbocycles. The van der Waals surface area contributed by atoms with E-state index in [1.54, 1.807) is 13.3 Å². The van der Waals surface area contributed by atoms with Crippen LogP contribution in [0, 0.1) is 0 Å². The molecular weight excluding hydrogens is 230 g/mol. The number of methoxy groups -OCH3 is 1. The summed E-state index contributed by atoms with van der Waals surface area (Å²) >= 11 is 0. The van der Waals surface area contributed by atoms with Gasteiger partial charge < -0.3 is 20.5 Å². The van der Waals surface area contributed by atoms with Crippen molar-refractivity contribution in [2.75, 3.05) is 39.7 Å². The van der Waals surface area contributed by atoms with Crippen LogP contribution in [0.5, 0.6) is 0 Å². The quantitative estimate of drug-likeness (QED) is 0.638. The lowest BCUT2D eigenvalue weighted by Gasteiger charge is -2.16. The zero-order valence-electron chi connectivity index (χ0n) is 11.2. The molecule has 0 fully saturated rings. The van der Waals surface area contributed by atoms with Gasteiger partial charge in [-0.25, -0.2) is 4.98 Å². The lowest BCUT2D eigenvalue weighted by molar-refractivity contribution is 0.0661. The first-order valence-corrected chi connectivity index (χ1v) is 6.21. The number of rotatable bonds is 9. The highest BCUT2D eigenvalue weighted by atomic mass is 16.5. The number of nitrogens with one attached hydrogen (secondary N) is 1. The minimum absolute atomic E-state index is 0.346. The van der Waals surface area contributed by atoms with E-state index in [4.69, 9.17) is 15.2 Å². The van der Waals surface area contributed by atoms with Crippen LogP contribution < -0.4 is 11.1 Å². The molecule has 1 aromatic rings. The Hall–Kier alpha value is -1.17. The average Bonchev–Trinajstić information content (AvgIpc) is 2.39. The third kappa shape index (κ3) is 5.44. The van der Waals surface area contributed by atoms with E-state index in [0.717, 1.165) is 25.0 Å². The molecule has 5 heteroatoms. The molecule has 5 nitrogen and oxygen atoms in total. The summed E-state index contributed by atoms with van der Waals surface area (Å²) in [7, 11) is 3.62. The van der Waals surface area contributed by atoms with Gasteiger partial charge in [-0.05, 0) is 31.5 Å². The van der Waals surface area contributed by atoms with Crippen LogP contribution in [0.2, 0.25) is 0 Å². The van der Waals surface area contributed by atoms with Crippen LogP contribution in [-0.4, -0.2) is 45.0 Å². The molecule has 1 heterocycles. The SMILES string of the molecule is CNC(CCOCCOC)Cc1cccnc1N. The molecule has 1 rings (SSSR count). The van der Waals surface area contributed by atoms with E-state index in [9.17, 15) is 0 Å². The predicted octanol–water partition coefficient (Wildman–Crippen LogP) is 0.847. The Morgan fingerprint density at radius 1 is 1.39 bits per heavy atom. The van der Waals surface area contributed by atoms with Gasteiger partial charge in [0.15, 0.2) is 0 Å². The Bertz CT molecular complexity index is 334. The second-order valence-electron chi connectivity index (χ2n) is 4.13. The molecule has 0 aliphatic heterocycles. The van der Waals surface area contributed by atoms with Gasteiger partial charge in [-0.1, -0.05) is 6.07 Å². The molecule has 1 aromatic heterocycles. The minimum Gasteiger partial charge on any atom is -0.383 e. The Morgan fingerprint density at radius 3 is 2.89 bits per heavy atom. The van der Waals surface area contributed by atoms with Gasteiger partial charge in [0, 0.05) is 26.0 Å². The third-order valence-electron chi connectivity index (χ3n) is 2.84. The lowest BCUT2D eigenvalue weighted by atomic mass is 10.0. The minimum atomic E-state index is 0.346. The maximum atomic E-state index is 5.83. The molecule has 0 spiro atoms. The van der Waals surface area contributed by atoms with Gasteiger partial charge in [0.05, 0.1) is 13.2 Å². The molecule has 0 saturated heterocycles. The van der Waals surface area contributed by atoms with Crippen molar-refractivity contribution < 1.29 is 9.47 Å². The molecule has 1 atom stereocenters. The van der Waals surface area contributed by atoms with Crippen LogP contribution in [0.4, 0.5) is 5.82 Å². The summed E-state index contributed by atoms with van der Waals surface area (Å²) in [6.07, 6.45) is 3.51. The van der Waals surface area contributed by atoms with Crippen LogP contribution in [0.1, 0.15) is 12.0 Å². The molecule has 0 aliphatic rings. The molecule has 3 N–H and O–H groups in total. The normalized spacial score (nSPS) is 12.6. The van der Waals surface area contributed by atoms with E-state index in [1.807, 2.05) is 19.2 Å². The monoisotopic (exact) mass is 253 g/mol. The number of anilines is 1. The molecular formula is C13H23N3O2. The summed E-state index contributed by atoms with van der Waals surface area (Å²) in [5.74, 6) is 0.609. The van der Waals surface area contributed by atoms with Crippen molar-refractivity contribution >= 4 is 5.82 Å². The second-order valence-corrected chi connectivity index (χ2v) is 4.13. The van der Waals surface area contributed by atoms with E-state index in [1.165, 1.54) is 0 Å². The smallest absolute Gasteiger partial charge is 0.126 e. The number of hydrogen-bond donors (Lipinski definition) is 2. The zero-order chi connectivity index (χ0) is 13.2. The molecule has 1 unspecified atom stereocenters. The number of nitrogens with two attached hydrogens (primary N) is 1. The Morgan fingerprint density at radius 2 is 2.22 bits per heavy atom. The van der Waals surface area contributed by atoms with Crippen molar-refractivity contribution in [1.82, 2.24) is 10.3 Å². The zero-order valence-corrected chi connectivity index (χ0v) is 11.2. The van der Waals surface area contributed by atoms with E-state index in [2.05, 4.69) is 10.3 Å². The van der Waals surface area contributed by atoms with Crippen molar-refractivity contribution in [3.63, 3.8) is 0 Å². The van der Waals surface area contributed by atoms with Crippen LogP contribution in [0.25, 0.3) is 0 Å². The Balaban J connectivity index is 2.31. The Labute approximate surface area is 109 Å². The molecule has 0 amide bonds.